The lowest BCUT2D eigenvalue weighted by Gasteiger charge is -2.08. The van der Waals surface area contributed by atoms with Gasteiger partial charge in [0.25, 0.3) is 0 Å². The molecule has 0 saturated heterocycles. The molecule has 2 N–H and O–H groups in total. The molecule has 2 nitrogen and oxygen atoms in total. The number of hydrogen-bond acceptors (Lipinski definition) is 2. The van der Waals surface area contributed by atoms with Crippen LogP contribution in [0, 0.1) is 12.7 Å². The van der Waals surface area contributed by atoms with Crippen LogP contribution in [0.5, 0.6) is 0 Å². The molecule has 2 aromatic rings. The van der Waals surface area contributed by atoms with Crippen molar-refractivity contribution in [3.05, 3.63) is 64.0 Å². The van der Waals surface area contributed by atoms with E-state index in [4.69, 9.17) is 5.73 Å². The molecule has 3 rings (SSSR count). The van der Waals surface area contributed by atoms with Gasteiger partial charge in [-0.2, -0.15) is 0 Å². The zero-order valence-corrected chi connectivity index (χ0v) is 11.4. The monoisotopic (exact) mass is 269 g/mol. The van der Waals surface area contributed by atoms with E-state index < -0.39 is 5.82 Å². The minimum absolute atomic E-state index is 0.0560. The van der Waals surface area contributed by atoms with Gasteiger partial charge in [-0.3, -0.25) is 4.79 Å². The van der Waals surface area contributed by atoms with Crippen molar-refractivity contribution in [2.75, 3.05) is 5.73 Å². The van der Waals surface area contributed by atoms with Crippen LogP contribution in [0.15, 0.2) is 30.3 Å². The fourth-order valence-corrected chi connectivity index (χ4v) is 2.83. The molecule has 0 aliphatic heterocycles. The third-order valence-electron chi connectivity index (χ3n) is 3.88. The summed E-state index contributed by atoms with van der Waals surface area (Å²) in [5.41, 5.74) is 9.62. The van der Waals surface area contributed by atoms with Gasteiger partial charge in [0, 0.05) is 11.3 Å². The molecule has 1 aliphatic carbocycles. The number of ketones is 1. The zero-order chi connectivity index (χ0) is 14.3. The third kappa shape index (κ3) is 2.09. The van der Waals surface area contributed by atoms with Gasteiger partial charge in [-0.1, -0.05) is 12.1 Å². The van der Waals surface area contributed by atoms with E-state index >= 15 is 0 Å². The van der Waals surface area contributed by atoms with Crippen LogP contribution >= 0.6 is 0 Å². The molecule has 0 unspecified atom stereocenters. The predicted octanol–water partition coefficient (Wildman–Crippen LogP) is 3.44. The van der Waals surface area contributed by atoms with E-state index in [2.05, 4.69) is 0 Å². The van der Waals surface area contributed by atoms with Crippen LogP contribution in [0.3, 0.4) is 0 Å². The van der Waals surface area contributed by atoms with Gasteiger partial charge in [0.2, 0.25) is 0 Å². The predicted molar refractivity (Wildman–Crippen MR) is 77.4 cm³/mol. The molecule has 0 bridgehead atoms. The molecule has 0 atom stereocenters. The molecule has 0 saturated carbocycles. The number of carbonyl (C=O) groups is 1. The van der Waals surface area contributed by atoms with Crippen LogP contribution in [0.4, 0.5) is 10.1 Å². The first kappa shape index (κ1) is 12.9. The molecule has 0 fully saturated rings. The van der Waals surface area contributed by atoms with Gasteiger partial charge in [-0.05, 0) is 61.1 Å². The molecule has 1 aliphatic rings. The second-order valence-corrected chi connectivity index (χ2v) is 5.37. The van der Waals surface area contributed by atoms with Gasteiger partial charge in [-0.25, -0.2) is 4.39 Å². The van der Waals surface area contributed by atoms with Gasteiger partial charge >= 0.3 is 0 Å². The number of anilines is 1. The Morgan fingerprint density at radius 3 is 2.70 bits per heavy atom. The summed E-state index contributed by atoms with van der Waals surface area (Å²) in [4.78, 5) is 12.5. The summed E-state index contributed by atoms with van der Waals surface area (Å²) in [7, 11) is 0. The molecule has 0 spiro atoms. The molecule has 20 heavy (non-hydrogen) atoms. The van der Waals surface area contributed by atoms with Gasteiger partial charge in [-0.15, -0.1) is 0 Å². The lowest BCUT2D eigenvalue weighted by Crippen LogP contribution is -2.07. The van der Waals surface area contributed by atoms with E-state index in [1.807, 2.05) is 12.1 Å². The fourth-order valence-electron chi connectivity index (χ4n) is 2.83. The molecule has 3 heteroatoms. The number of benzene rings is 2. The average molecular weight is 269 g/mol. The Morgan fingerprint density at radius 1 is 1.15 bits per heavy atom. The molecule has 0 heterocycles. The van der Waals surface area contributed by atoms with E-state index in [0.29, 0.717) is 16.8 Å². The van der Waals surface area contributed by atoms with E-state index in [-0.39, 0.29) is 11.3 Å². The summed E-state index contributed by atoms with van der Waals surface area (Å²) in [5, 5.41) is 0. The number of hydrogen-bond donors (Lipinski definition) is 1. The minimum Gasteiger partial charge on any atom is -0.399 e. The van der Waals surface area contributed by atoms with Crippen LogP contribution < -0.4 is 5.73 Å². The first-order valence-corrected chi connectivity index (χ1v) is 6.78. The Hall–Kier alpha value is -2.16. The highest BCUT2D eigenvalue weighted by Gasteiger charge is 2.19. The maximum absolute atomic E-state index is 14.1. The number of nitrogens with two attached hydrogens (primary N) is 1. The molecule has 0 radical (unpaired) electrons. The highest BCUT2D eigenvalue weighted by molar-refractivity contribution is 6.09. The Bertz CT molecular complexity index is 706. The Labute approximate surface area is 117 Å². The second-order valence-electron chi connectivity index (χ2n) is 5.37. The van der Waals surface area contributed by atoms with Crippen molar-refractivity contribution in [1.29, 1.82) is 0 Å². The summed E-state index contributed by atoms with van der Waals surface area (Å²) < 4.78 is 14.1. The normalized spacial score (nSPS) is 13.3. The quantitative estimate of drug-likeness (QED) is 0.670. The van der Waals surface area contributed by atoms with Crippen molar-refractivity contribution in [1.82, 2.24) is 0 Å². The standard InChI is InChI=1S/C17H16FNO/c1-10-7-14(19)9-15(16(10)18)17(20)13-6-5-11-3-2-4-12(11)8-13/h5-9H,2-4,19H2,1H3. The highest BCUT2D eigenvalue weighted by atomic mass is 19.1. The maximum Gasteiger partial charge on any atom is 0.196 e. The molecular formula is C17H16FNO. The topological polar surface area (TPSA) is 43.1 Å². The summed E-state index contributed by atoms with van der Waals surface area (Å²) >= 11 is 0. The number of rotatable bonds is 2. The van der Waals surface area contributed by atoms with Gasteiger partial charge in [0.05, 0.1) is 5.56 Å². The lowest BCUT2D eigenvalue weighted by atomic mass is 9.97. The molecule has 2 aromatic carbocycles. The van der Waals surface area contributed by atoms with Gasteiger partial charge < -0.3 is 5.73 Å². The third-order valence-corrected chi connectivity index (χ3v) is 3.88. The SMILES string of the molecule is Cc1cc(N)cc(C(=O)c2ccc3c(c2)CCC3)c1F. The molecule has 0 amide bonds. The molecular weight excluding hydrogens is 253 g/mol. The van der Waals surface area contributed by atoms with Crippen molar-refractivity contribution >= 4 is 11.5 Å². The van der Waals surface area contributed by atoms with E-state index in [1.54, 1.807) is 13.0 Å². The van der Waals surface area contributed by atoms with Crippen LogP contribution in [0.1, 0.15) is 39.0 Å². The smallest absolute Gasteiger partial charge is 0.196 e. The molecule has 0 aromatic heterocycles. The number of fused-ring (bicyclic) bond motifs is 1. The highest BCUT2D eigenvalue weighted by Crippen LogP contribution is 2.25. The number of carbonyl (C=O) groups excluding carboxylic acids is 1. The van der Waals surface area contributed by atoms with Crippen molar-refractivity contribution < 1.29 is 9.18 Å². The minimum atomic E-state index is -0.482. The number of aryl methyl sites for hydroxylation is 3. The zero-order valence-electron chi connectivity index (χ0n) is 11.4. The Morgan fingerprint density at radius 2 is 1.90 bits per heavy atom. The summed E-state index contributed by atoms with van der Waals surface area (Å²) in [6, 6.07) is 8.60. The average Bonchev–Trinajstić information content (AvgIpc) is 2.89. The second kappa shape index (κ2) is 4.75. The van der Waals surface area contributed by atoms with Crippen LogP contribution in [-0.4, -0.2) is 5.78 Å². The van der Waals surface area contributed by atoms with Crippen LogP contribution in [0.25, 0.3) is 0 Å². The van der Waals surface area contributed by atoms with E-state index in [1.165, 1.54) is 23.3 Å². The fraction of sp³-hybridized carbons (Fsp3) is 0.235. The first-order valence-electron chi connectivity index (χ1n) is 6.78. The summed E-state index contributed by atoms with van der Waals surface area (Å²) in [6.07, 6.45) is 3.18. The van der Waals surface area contributed by atoms with Gasteiger partial charge in [0.1, 0.15) is 5.82 Å². The largest absolute Gasteiger partial charge is 0.399 e. The van der Waals surface area contributed by atoms with Crippen LogP contribution in [0.2, 0.25) is 0 Å². The van der Waals surface area contributed by atoms with Crippen LogP contribution in [-0.2, 0) is 12.8 Å². The Kier molecular flexibility index (Phi) is 3.05. The number of nitrogen functional groups attached to an aromatic ring is 1. The maximum atomic E-state index is 14.1. The lowest BCUT2D eigenvalue weighted by molar-refractivity contribution is 0.103. The first-order chi connectivity index (χ1) is 9.56. The van der Waals surface area contributed by atoms with E-state index in [9.17, 15) is 9.18 Å². The Balaban J connectivity index is 2.05. The van der Waals surface area contributed by atoms with E-state index in [0.717, 1.165) is 19.3 Å². The van der Waals surface area contributed by atoms with Crippen molar-refractivity contribution in [2.45, 2.75) is 26.2 Å². The summed E-state index contributed by atoms with van der Waals surface area (Å²) in [6.45, 7) is 1.62. The van der Waals surface area contributed by atoms with Crippen molar-refractivity contribution in [3.63, 3.8) is 0 Å². The van der Waals surface area contributed by atoms with Gasteiger partial charge in [0.15, 0.2) is 5.78 Å². The van der Waals surface area contributed by atoms with Crippen molar-refractivity contribution in [2.24, 2.45) is 0 Å². The number of halogens is 1. The molecule has 102 valence electrons. The summed E-state index contributed by atoms with van der Waals surface area (Å²) in [5.74, 6) is -0.780. The van der Waals surface area contributed by atoms with Crippen molar-refractivity contribution in [3.8, 4) is 0 Å².